The molecule has 1 atom stereocenters. The van der Waals surface area contributed by atoms with Crippen LogP contribution in [0.4, 0.5) is 5.69 Å². The van der Waals surface area contributed by atoms with Gasteiger partial charge >= 0.3 is 0 Å². The number of carbonyl (C=O) groups excluding carboxylic acids is 2. The van der Waals surface area contributed by atoms with Crippen LogP contribution >= 0.6 is 11.8 Å². The van der Waals surface area contributed by atoms with E-state index >= 15 is 0 Å². The Morgan fingerprint density at radius 1 is 1.15 bits per heavy atom. The summed E-state index contributed by atoms with van der Waals surface area (Å²) < 4.78 is 27.4. The SMILES string of the molecule is O=C1Nc2cc(S(=O)(=O)NC3CC3)ccc2S[C@H]1C(=O)N1CCCCCC1. The molecule has 1 aromatic carbocycles. The average Bonchev–Trinajstić information content (AvgIpc) is 3.46. The highest BCUT2D eigenvalue weighted by Gasteiger charge is 2.36. The number of carbonyl (C=O) groups is 2. The molecule has 2 heterocycles. The number of benzene rings is 1. The summed E-state index contributed by atoms with van der Waals surface area (Å²) in [7, 11) is -3.58. The van der Waals surface area contributed by atoms with Crippen molar-refractivity contribution >= 4 is 39.3 Å². The number of hydrogen-bond acceptors (Lipinski definition) is 5. The minimum Gasteiger partial charge on any atom is -0.341 e. The number of nitrogens with one attached hydrogen (secondary N) is 2. The van der Waals surface area contributed by atoms with E-state index in [-0.39, 0.29) is 22.8 Å². The van der Waals surface area contributed by atoms with Crippen molar-refractivity contribution in [3.05, 3.63) is 18.2 Å². The van der Waals surface area contributed by atoms with Crippen molar-refractivity contribution in [2.24, 2.45) is 0 Å². The maximum absolute atomic E-state index is 12.8. The van der Waals surface area contributed by atoms with Gasteiger partial charge in [-0.25, -0.2) is 13.1 Å². The lowest BCUT2D eigenvalue weighted by Gasteiger charge is -2.28. The summed E-state index contributed by atoms with van der Waals surface area (Å²) >= 11 is 1.20. The molecule has 2 fully saturated rings. The number of thioether (sulfide) groups is 1. The zero-order chi connectivity index (χ0) is 19.0. The van der Waals surface area contributed by atoms with E-state index in [2.05, 4.69) is 10.0 Å². The zero-order valence-corrected chi connectivity index (χ0v) is 16.6. The van der Waals surface area contributed by atoms with Crippen LogP contribution in [0.5, 0.6) is 0 Å². The first-order valence-electron chi connectivity index (χ1n) is 9.37. The Kier molecular flexibility index (Phi) is 5.17. The van der Waals surface area contributed by atoms with Gasteiger partial charge in [0, 0.05) is 24.0 Å². The molecule has 0 unspecified atom stereocenters. The molecule has 2 amide bonds. The third-order valence-corrected chi connectivity index (χ3v) is 7.82. The van der Waals surface area contributed by atoms with E-state index in [1.54, 1.807) is 11.0 Å². The molecular weight excluding hydrogens is 386 g/mol. The first kappa shape index (κ1) is 18.8. The zero-order valence-electron chi connectivity index (χ0n) is 14.9. The summed E-state index contributed by atoms with van der Waals surface area (Å²) in [4.78, 5) is 28.0. The molecule has 1 aromatic rings. The van der Waals surface area contributed by atoms with Crippen LogP contribution in [-0.2, 0) is 19.6 Å². The van der Waals surface area contributed by atoms with Gasteiger partial charge in [0.15, 0.2) is 5.25 Å². The number of likely N-dealkylation sites (tertiary alicyclic amines) is 1. The quantitative estimate of drug-likeness (QED) is 0.741. The fourth-order valence-corrected chi connectivity index (χ4v) is 5.75. The Labute approximate surface area is 163 Å². The van der Waals surface area contributed by atoms with Gasteiger partial charge in [-0.1, -0.05) is 12.8 Å². The van der Waals surface area contributed by atoms with Crippen molar-refractivity contribution in [2.45, 2.75) is 59.6 Å². The van der Waals surface area contributed by atoms with Crippen molar-refractivity contribution in [2.75, 3.05) is 18.4 Å². The Morgan fingerprint density at radius 3 is 2.52 bits per heavy atom. The van der Waals surface area contributed by atoms with E-state index in [1.165, 1.54) is 23.9 Å². The molecule has 9 heteroatoms. The molecular formula is C18H23N3O4S2. The van der Waals surface area contributed by atoms with Crippen LogP contribution in [0.3, 0.4) is 0 Å². The maximum Gasteiger partial charge on any atom is 0.247 e. The normalized spacial score (nSPS) is 23.3. The third kappa shape index (κ3) is 4.14. The van der Waals surface area contributed by atoms with Crippen LogP contribution in [0, 0.1) is 0 Å². The highest BCUT2D eigenvalue weighted by atomic mass is 32.2. The van der Waals surface area contributed by atoms with Gasteiger partial charge in [0.2, 0.25) is 21.8 Å². The number of rotatable bonds is 4. The van der Waals surface area contributed by atoms with E-state index < -0.39 is 15.3 Å². The minimum absolute atomic E-state index is 0.0191. The molecule has 3 aliphatic rings. The molecule has 0 bridgehead atoms. The molecule has 0 spiro atoms. The molecule has 2 N–H and O–H groups in total. The lowest BCUT2D eigenvalue weighted by atomic mass is 10.2. The van der Waals surface area contributed by atoms with Crippen LogP contribution in [0.15, 0.2) is 28.0 Å². The predicted molar refractivity (Wildman–Crippen MR) is 103 cm³/mol. The maximum atomic E-state index is 12.8. The molecule has 4 rings (SSSR count). The standard InChI is InChI=1S/C18H23N3O4S2/c22-17-16(18(23)21-9-3-1-2-4-10-21)26-15-8-7-13(11-14(15)19-17)27(24,25)20-12-5-6-12/h7-8,11-12,16,20H,1-6,9-10H2,(H,19,22)/t16-/m1/s1. The van der Waals surface area contributed by atoms with Crippen LogP contribution in [0.1, 0.15) is 38.5 Å². The minimum atomic E-state index is -3.58. The van der Waals surface area contributed by atoms with Crippen LogP contribution in [0.2, 0.25) is 0 Å². The third-order valence-electron chi connectivity index (χ3n) is 5.04. The molecule has 7 nitrogen and oxygen atoms in total. The summed E-state index contributed by atoms with van der Waals surface area (Å²) in [5.74, 6) is -0.538. The molecule has 2 aliphatic heterocycles. The van der Waals surface area contributed by atoms with Crippen LogP contribution < -0.4 is 10.0 Å². The number of amides is 2. The van der Waals surface area contributed by atoms with Crippen molar-refractivity contribution in [1.82, 2.24) is 9.62 Å². The summed E-state index contributed by atoms with van der Waals surface area (Å²) in [5, 5.41) is 1.91. The van der Waals surface area contributed by atoms with Gasteiger partial charge in [-0.15, -0.1) is 11.8 Å². The van der Waals surface area contributed by atoms with Gasteiger partial charge < -0.3 is 10.2 Å². The van der Waals surface area contributed by atoms with Gasteiger partial charge in [-0.2, -0.15) is 0 Å². The second-order valence-electron chi connectivity index (χ2n) is 7.28. The van der Waals surface area contributed by atoms with Gasteiger partial charge in [0.25, 0.3) is 0 Å². The summed E-state index contributed by atoms with van der Waals surface area (Å²) in [6.45, 7) is 1.39. The topological polar surface area (TPSA) is 95.6 Å². The van der Waals surface area contributed by atoms with Gasteiger partial charge in [-0.3, -0.25) is 9.59 Å². The van der Waals surface area contributed by atoms with Crippen LogP contribution in [0.25, 0.3) is 0 Å². The molecule has 1 saturated heterocycles. The molecule has 1 aliphatic carbocycles. The number of hydrogen-bond donors (Lipinski definition) is 2. The lowest BCUT2D eigenvalue weighted by molar-refractivity contribution is -0.133. The summed E-state index contributed by atoms with van der Waals surface area (Å²) in [6.07, 6.45) is 5.88. The number of anilines is 1. The van der Waals surface area contributed by atoms with Crippen LogP contribution in [-0.4, -0.2) is 49.5 Å². The average molecular weight is 410 g/mol. The van der Waals surface area contributed by atoms with E-state index in [9.17, 15) is 18.0 Å². The van der Waals surface area contributed by atoms with Gasteiger partial charge in [0.1, 0.15) is 0 Å². The predicted octanol–water partition coefficient (Wildman–Crippen LogP) is 1.94. The second-order valence-corrected chi connectivity index (χ2v) is 10.1. The van der Waals surface area contributed by atoms with Crippen molar-refractivity contribution in [3.8, 4) is 0 Å². The molecule has 27 heavy (non-hydrogen) atoms. The fourth-order valence-electron chi connectivity index (χ4n) is 3.36. The van der Waals surface area contributed by atoms with Gasteiger partial charge in [0.05, 0.1) is 10.6 Å². The number of fused-ring (bicyclic) bond motifs is 1. The molecule has 0 radical (unpaired) electrons. The van der Waals surface area contributed by atoms with Gasteiger partial charge in [-0.05, 0) is 43.9 Å². The van der Waals surface area contributed by atoms with Crippen molar-refractivity contribution < 1.29 is 18.0 Å². The summed E-state index contributed by atoms with van der Waals surface area (Å²) in [5.41, 5.74) is 0.448. The second kappa shape index (κ2) is 7.44. The molecule has 1 saturated carbocycles. The van der Waals surface area contributed by atoms with E-state index in [0.29, 0.717) is 23.7 Å². The highest BCUT2D eigenvalue weighted by Crippen LogP contribution is 2.38. The highest BCUT2D eigenvalue weighted by molar-refractivity contribution is 8.01. The summed E-state index contributed by atoms with van der Waals surface area (Å²) in [6, 6.07) is 4.69. The molecule has 146 valence electrons. The Balaban J connectivity index is 1.52. The smallest absolute Gasteiger partial charge is 0.247 e. The first-order chi connectivity index (χ1) is 12.9. The lowest BCUT2D eigenvalue weighted by Crippen LogP contribution is -2.45. The Morgan fingerprint density at radius 2 is 1.85 bits per heavy atom. The van der Waals surface area contributed by atoms with E-state index in [1.807, 2.05) is 0 Å². The van der Waals surface area contributed by atoms with E-state index in [0.717, 1.165) is 38.5 Å². The monoisotopic (exact) mass is 409 g/mol. The Hall–Kier alpha value is -1.58. The fraction of sp³-hybridized carbons (Fsp3) is 0.556. The molecule has 0 aromatic heterocycles. The largest absolute Gasteiger partial charge is 0.341 e. The first-order valence-corrected chi connectivity index (χ1v) is 11.7. The number of nitrogens with zero attached hydrogens (tertiary/aromatic N) is 1. The Bertz CT molecular complexity index is 859. The van der Waals surface area contributed by atoms with Crippen molar-refractivity contribution in [1.29, 1.82) is 0 Å². The van der Waals surface area contributed by atoms with Crippen molar-refractivity contribution in [3.63, 3.8) is 0 Å². The van der Waals surface area contributed by atoms with E-state index in [4.69, 9.17) is 0 Å². The number of sulfonamides is 1.